The van der Waals surface area contributed by atoms with Crippen LogP contribution in [0.1, 0.15) is 36.0 Å². The summed E-state index contributed by atoms with van der Waals surface area (Å²) < 4.78 is 51.1. The average molecular weight is 631 g/mol. The summed E-state index contributed by atoms with van der Waals surface area (Å²) in [7, 11) is 1.59. The monoisotopic (exact) mass is 630 g/mol. The summed E-state index contributed by atoms with van der Waals surface area (Å²) in [6, 6.07) is 7.06. The maximum Gasteiger partial charge on any atom is 0.419 e. The number of hydrogen-bond donors (Lipinski definition) is 2. The van der Waals surface area contributed by atoms with Crippen molar-refractivity contribution >= 4 is 17.5 Å². The highest BCUT2D eigenvalue weighted by molar-refractivity contribution is 5.83. The number of rotatable bonds is 11. The molecular formula is C30H37F3N8O4. The lowest BCUT2D eigenvalue weighted by molar-refractivity contribution is -0.139. The van der Waals surface area contributed by atoms with E-state index >= 15 is 0 Å². The summed E-state index contributed by atoms with van der Waals surface area (Å²) in [4.78, 5) is 37.7. The second kappa shape index (κ2) is 13.8. The van der Waals surface area contributed by atoms with Gasteiger partial charge >= 0.3 is 6.18 Å². The Kier molecular flexibility index (Phi) is 9.87. The van der Waals surface area contributed by atoms with Gasteiger partial charge in [0.2, 0.25) is 5.95 Å². The van der Waals surface area contributed by atoms with Gasteiger partial charge in [0.1, 0.15) is 11.9 Å². The summed E-state index contributed by atoms with van der Waals surface area (Å²) in [5.74, 6) is 0.886. The number of nitrogens with zero attached hydrogens (tertiary/aromatic N) is 6. The minimum absolute atomic E-state index is 0.00152. The minimum Gasteiger partial charge on any atom is -0.497 e. The Morgan fingerprint density at radius 3 is 2.36 bits per heavy atom. The van der Waals surface area contributed by atoms with E-state index in [4.69, 9.17) is 15.2 Å². The van der Waals surface area contributed by atoms with Gasteiger partial charge < -0.3 is 30.3 Å². The Labute approximate surface area is 258 Å². The number of halogens is 3. The molecule has 0 bridgehead atoms. The van der Waals surface area contributed by atoms with Crippen molar-refractivity contribution < 1.29 is 27.4 Å². The van der Waals surface area contributed by atoms with E-state index in [1.807, 2.05) is 34.1 Å². The van der Waals surface area contributed by atoms with Crippen LogP contribution >= 0.6 is 0 Å². The summed E-state index contributed by atoms with van der Waals surface area (Å²) >= 11 is 0. The summed E-state index contributed by atoms with van der Waals surface area (Å²) in [6.45, 7) is 4.02. The van der Waals surface area contributed by atoms with E-state index in [0.29, 0.717) is 56.7 Å². The van der Waals surface area contributed by atoms with Crippen molar-refractivity contribution in [2.24, 2.45) is 5.73 Å². The smallest absolute Gasteiger partial charge is 0.419 e. The molecule has 1 aromatic carbocycles. The van der Waals surface area contributed by atoms with Crippen LogP contribution in [0.3, 0.4) is 0 Å². The fraction of sp³-hybridized carbons (Fsp3) is 0.500. The second-order valence-electron chi connectivity index (χ2n) is 11.2. The number of carbonyl (C=O) groups excluding carboxylic acids is 1. The van der Waals surface area contributed by atoms with Crippen LogP contribution in [0.25, 0.3) is 0 Å². The van der Waals surface area contributed by atoms with Crippen molar-refractivity contribution in [2.75, 3.05) is 50.1 Å². The highest BCUT2D eigenvalue weighted by Crippen LogP contribution is 2.29. The van der Waals surface area contributed by atoms with Gasteiger partial charge in [-0.3, -0.25) is 9.59 Å². The van der Waals surface area contributed by atoms with E-state index in [9.17, 15) is 22.8 Å². The molecule has 0 saturated carbocycles. The Morgan fingerprint density at radius 1 is 1.04 bits per heavy atom. The lowest BCUT2D eigenvalue weighted by Crippen LogP contribution is -2.47. The largest absolute Gasteiger partial charge is 0.497 e. The number of carbonyl (C=O) groups is 1. The van der Waals surface area contributed by atoms with Crippen molar-refractivity contribution in [3.05, 3.63) is 69.9 Å². The molecule has 1 amide bonds. The highest BCUT2D eigenvalue weighted by Gasteiger charge is 2.38. The number of ether oxygens (including phenoxy) is 2. The van der Waals surface area contributed by atoms with Crippen LogP contribution in [0, 0.1) is 6.92 Å². The number of aromatic nitrogens is 4. The lowest BCUT2D eigenvalue weighted by atomic mass is 10.0. The molecule has 45 heavy (non-hydrogen) atoms. The van der Waals surface area contributed by atoms with E-state index in [-0.39, 0.29) is 42.7 Å². The molecule has 0 aliphatic carbocycles. The van der Waals surface area contributed by atoms with Crippen LogP contribution in [0.4, 0.5) is 24.8 Å². The topological polar surface area (TPSA) is 141 Å². The molecule has 3 N–H and O–H groups in total. The fourth-order valence-corrected chi connectivity index (χ4v) is 5.57. The lowest BCUT2D eigenvalue weighted by Gasteiger charge is -2.36. The molecule has 2 saturated heterocycles. The van der Waals surface area contributed by atoms with Crippen LogP contribution in [-0.4, -0.2) is 88.6 Å². The maximum absolute atomic E-state index is 13.2. The van der Waals surface area contributed by atoms with Crippen LogP contribution in [-0.2, 0) is 22.3 Å². The summed E-state index contributed by atoms with van der Waals surface area (Å²) in [5.41, 5.74) is 6.83. The first kappa shape index (κ1) is 32.2. The van der Waals surface area contributed by atoms with Crippen LogP contribution in [0.15, 0.2) is 47.7 Å². The molecule has 0 spiro atoms. The molecule has 4 heterocycles. The molecule has 5 rings (SSSR count). The first-order valence-electron chi connectivity index (χ1n) is 14.8. The molecule has 2 fully saturated rings. The van der Waals surface area contributed by atoms with Gasteiger partial charge in [-0.2, -0.15) is 18.3 Å². The fourth-order valence-electron chi connectivity index (χ4n) is 5.57. The van der Waals surface area contributed by atoms with Crippen molar-refractivity contribution in [1.29, 1.82) is 0 Å². The first-order chi connectivity index (χ1) is 21.6. The van der Waals surface area contributed by atoms with Crippen molar-refractivity contribution in [1.82, 2.24) is 24.6 Å². The predicted molar refractivity (Wildman–Crippen MR) is 160 cm³/mol. The molecule has 2 aromatic heterocycles. The minimum atomic E-state index is -4.49. The quantitative estimate of drug-likeness (QED) is 0.325. The van der Waals surface area contributed by atoms with E-state index < -0.39 is 17.8 Å². The SMILES string of the molecule is COc1ccc(Cn2ncc(N[C@@H](CN)COC3CCN(C4CCN(c5ncc(C(F)(F)F)cn5)CC4)C3=O)c(C)c2=O)cc1. The van der Waals surface area contributed by atoms with Crippen LogP contribution < -0.4 is 26.2 Å². The van der Waals surface area contributed by atoms with Crippen molar-refractivity contribution in [3.63, 3.8) is 0 Å². The van der Waals surface area contributed by atoms with Gasteiger partial charge in [-0.15, -0.1) is 0 Å². The number of methoxy groups -OCH3 is 1. The van der Waals surface area contributed by atoms with Gasteiger partial charge in [-0.25, -0.2) is 14.6 Å². The Hall–Kier alpha value is -4.24. The van der Waals surface area contributed by atoms with E-state index in [0.717, 1.165) is 23.7 Å². The number of nitrogens with two attached hydrogens (primary N) is 1. The number of amides is 1. The summed E-state index contributed by atoms with van der Waals surface area (Å²) in [6.07, 6.45) is -0.0839. The number of benzene rings is 1. The van der Waals surface area contributed by atoms with Gasteiger partial charge in [-0.05, 0) is 37.5 Å². The molecule has 2 atom stereocenters. The third kappa shape index (κ3) is 7.53. The third-order valence-electron chi connectivity index (χ3n) is 8.26. The Bertz CT molecular complexity index is 1510. The zero-order valence-electron chi connectivity index (χ0n) is 25.2. The zero-order chi connectivity index (χ0) is 32.1. The van der Waals surface area contributed by atoms with E-state index in [2.05, 4.69) is 20.4 Å². The van der Waals surface area contributed by atoms with Gasteiger partial charge in [0.05, 0.1) is 43.8 Å². The molecule has 0 radical (unpaired) electrons. The Morgan fingerprint density at radius 2 is 1.73 bits per heavy atom. The number of nitrogens with one attached hydrogen (secondary N) is 1. The van der Waals surface area contributed by atoms with Crippen LogP contribution in [0.5, 0.6) is 5.75 Å². The maximum atomic E-state index is 13.2. The zero-order valence-corrected chi connectivity index (χ0v) is 25.2. The molecule has 12 nitrogen and oxygen atoms in total. The van der Waals surface area contributed by atoms with Gasteiger partial charge in [0.15, 0.2) is 0 Å². The molecule has 3 aromatic rings. The standard InChI is InChI=1S/C30H37F3N8O4/c1-19-25(16-37-41(27(19)42)17-20-3-5-24(44-2)6-4-20)38-22(13-34)18-45-26-9-12-40(28(26)43)23-7-10-39(11-8-23)29-35-14-21(15-36-29)30(31,32)33/h3-6,14-16,22-23,26,38H,7-13,17-18,34H2,1-2H3/t22-,26?/m0/s1. The van der Waals surface area contributed by atoms with Gasteiger partial charge in [0.25, 0.3) is 11.5 Å². The summed E-state index contributed by atoms with van der Waals surface area (Å²) in [5, 5.41) is 7.57. The number of anilines is 2. The van der Waals surface area contributed by atoms with Crippen molar-refractivity contribution in [2.45, 2.75) is 57.1 Å². The Balaban J connectivity index is 1.11. The van der Waals surface area contributed by atoms with E-state index in [1.165, 1.54) is 4.68 Å². The normalized spacial score (nSPS) is 18.4. The molecule has 2 aliphatic rings. The van der Waals surface area contributed by atoms with E-state index in [1.54, 1.807) is 20.2 Å². The predicted octanol–water partition coefficient (Wildman–Crippen LogP) is 2.44. The third-order valence-corrected chi connectivity index (χ3v) is 8.26. The van der Waals surface area contributed by atoms with Gasteiger partial charge in [0, 0.05) is 56.6 Å². The number of hydrogen-bond acceptors (Lipinski definition) is 10. The van der Waals surface area contributed by atoms with Gasteiger partial charge in [-0.1, -0.05) is 12.1 Å². The highest BCUT2D eigenvalue weighted by atomic mass is 19.4. The molecular weight excluding hydrogens is 593 g/mol. The molecule has 1 unspecified atom stereocenters. The second-order valence-corrected chi connectivity index (χ2v) is 11.2. The molecule has 2 aliphatic heterocycles. The molecule has 15 heteroatoms. The number of likely N-dealkylation sites (tertiary alicyclic amines) is 1. The molecule has 242 valence electrons. The number of piperidine rings is 1. The average Bonchev–Trinajstić information content (AvgIpc) is 3.42. The number of alkyl halides is 3. The first-order valence-corrected chi connectivity index (χ1v) is 14.8. The van der Waals surface area contributed by atoms with Crippen molar-refractivity contribution in [3.8, 4) is 5.75 Å². The van der Waals surface area contributed by atoms with Crippen LogP contribution in [0.2, 0.25) is 0 Å².